The minimum absolute atomic E-state index is 0.143. The first-order valence-electron chi connectivity index (χ1n) is 9.75. The third-order valence-corrected chi connectivity index (χ3v) is 5.41. The SMILES string of the molecule is Cc1c[nH]c(=O)n1-c1ccc(C(=O)O[C@H](C)C(=O)N[C@@H]2CCCC[C@@H]2C)cc1. The molecule has 1 aromatic heterocycles. The van der Waals surface area contributed by atoms with Gasteiger partial charge in [0.2, 0.25) is 0 Å². The van der Waals surface area contributed by atoms with Crippen LogP contribution in [0.4, 0.5) is 0 Å². The van der Waals surface area contributed by atoms with Gasteiger partial charge in [0.25, 0.3) is 5.91 Å². The zero-order valence-corrected chi connectivity index (χ0v) is 16.5. The average Bonchev–Trinajstić information content (AvgIpc) is 3.02. The number of imidazole rings is 1. The normalized spacial score (nSPS) is 20.4. The van der Waals surface area contributed by atoms with Gasteiger partial charge in [-0.2, -0.15) is 0 Å². The molecule has 3 atom stereocenters. The molecule has 2 aromatic rings. The summed E-state index contributed by atoms with van der Waals surface area (Å²) in [6.07, 6.45) is 5.14. The smallest absolute Gasteiger partial charge is 0.338 e. The summed E-state index contributed by atoms with van der Waals surface area (Å²) in [5.41, 5.74) is 1.51. The fourth-order valence-corrected chi connectivity index (χ4v) is 3.64. The molecule has 28 heavy (non-hydrogen) atoms. The van der Waals surface area contributed by atoms with Crippen LogP contribution in [-0.2, 0) is 9.53 Å². The van der Waals surface area contributed by atoms with Crippen molar-refractivity contribution in [2.75, 3.05) is 0 Å². The van der Waals surface area contributed by atoms with Crippen molar-refractivity contribution < 1.29 is 14.3 Å². The molecule has 3 rings (SSSR count). The summed E-state index contributed by atoms with van der Waals surface area (Å²) < 4.78 is 6.84. The Hall–Kier alpha value is -2.83. The van der Waals surface area contributed by atoms with Crippen molar-refractivity contribution in [1.29, 1.82) is 0 Å². The summed E-state index contributed by atoms with van der Waals surface area (Å²) in [4.78, 5) is 39.2. The molecule has 0 unspecified atom stereocenters. The first kappa shape index (κ1) is 19.9. The number of amides is 1. The molecule has 7 heteroatoms. The number of rotatable bonds is 5. The Kier molecular flexibility index (Phi) is 6.02. The highest BCUT2D eigenvalue weighted by Gasteiger charge is 2.26. The maximum absolute atomic E-state index is 12.4. The number of carbonyl (C=O) groups excluding carboxylic acids is 2. The molecule has 1 heterocycles. The van der Waals surface area contributed by atoms with Crippen LogP contribution in [-0.4, -0.2) is 33.6 Å². The Morgan fingerprint density at radius 1 is 1.21 bits per heavy atom. The molecule has 0 radical (unpaired) electrons. The van der Waals surface area contributed by atoms with Crippen molar-refractivity contribution in [2.24, 2.45) is 5.92 Å². The van der Waals surface area contributed by atoms with Gasteiger partial charge in [-0.25, -0.2) is 9.59 Å². The van der Waals surface area contributed by atoms with Crippen LogP contribution >= 0.6 is 0 Å². The zero-order valence-electron chi connectivity index (χ0n) is 16.5. The molecule has 1 aliphatic carbocycles. The summed E-state index contributed by atoms with van der Waals surface area (Å²) in [5.74, 6) is -0.393. The van der Waals surface area contributed by atoms with Gasteiger partial charge >= 0.3 is 11.7 Å². The van der Waals surface area contributed by atoms with Crippen molar-refractivity contribution in [1.82, 2.24) is 14.9 Å². The molecule has 1 amide bonds. The molecular formula is C21H27N3O4. The fraction of sp³-hybridized carbons (Fsp3) is 0.476. The van der Waals surface area contributed by atoms with Crippen LogP contribution in [0.5, 0.6) is 0 Å². The van der Waals surface area contributed by atoms with Crippen molar-refractivity contribution in [3.05, 3.63) is 52.2 Å². The van der Waals surface area contributed by atoms with Crippen LogP contribution in [0.2, 0.25) is 0 Å². The van der Waals surface area contributed by atoms with Crippen LogP contribution in [0, 0.1) is 12.8 Å². The number of benzene rings is 1. The molecule has 0 spiro atoms. The van der Waals surface area contributed by atoms with E-state index in [0.29, 0.717) is 17.2 Å². The molecule has 1 aliphatic rings. The van der Waals surface area contributed by atoms with Gasteiger partial charge in [-0.05, 0) is 56.9 Å². The quantitative estimate of drug-likeness (QED) is 0.774. The standard InChI is InChI=1S/C21H27N3O4/c1-13-6-4-5-7-18(13)23-19(25)15(3)28-20(26)16-8-10-17(11-9-16)24-14(2)12-22-21(24)27/h8-13,15,18H,4-7H2,1-3H3,(H,22,27)(H,23,25)/t13-,15+,18+/m0/s1. The molecule has 1 fully saturated rings. The molecule has 0 bridgehead atoms. The second-order valence-electron chi connectivity index (χ2n) is 7.54. The predicted octanol–water partition coefficient (Wildman–Crippen LogP) is 2.71. The van der Waals surface area contributed by atoms with E-state index in [4.69, 9.17) is 4.74 Å². The second-order valence-corrected chi connectivity index (χ2v) is 7.54. The summed E-state index contributed by atoms with van der Waals surface area (Å²) in [7, 11) is 0. The highest BCUT2D eigenvalue weighted by molar-refractivity contribution is 5.92. The number of H-pyrrole nitrogens is 1. The van der Waals surface area contributed by atoms with Crippen molar-refractivity contribution in [3.8, 4) is 5.69 Å². The minimum Gasteiger partial charge on any atom is -0.449 e. The Morgan fingerprint density at radius 2 is 1.89 bits per heavy atom. The van der Waals surface area contributed by atoms with Crippen molar-refractivity contribution in [3.63, 3.8) is 0 Å². The third kappa shape index (κ3) is 4.35. The van der Waals surface area contributed by atoms with Gasteiger partial charge in [0.1, 0.15) is 0 Å². The number of ether oxygens (including phenoxy) is 1. The summed E-state index contributed by atoms with van der Waals surface area (Å²) in [5, 5.41) is 3.01. The maximum Gasteiger partial charge on any atom is 0.338 e. The van der Waals surface area contributed by atoms with E-state index >= 15 is 0 Å². The van der Waals surface area contributed by atoms with E-state index in [-0.39, 0.29) is 17.6 Å². The number of esters is 1. The first-order chi connectivity index (χ1) is 13.4. The number of nitrogens with zero attached hydrogens (tertiary/aromatic N) is 1. The first-order valence-corrected chi connectivity index (χ1v) is 9.75. The monoisotopic (exact) mass is 385 g/mol. The number of nitrogens with one attached hydrogen (secondary N) is 2. The van der Waals surface area contributed by atoms with Gasteiger partial charge in [-0.3, -0.25) is 9.36 Å². The Labute approximate surface area is 164 Å². The number of aromatic nitrogens is 2. The Morgan fingerprint density at radius 3 is 2.50 bits per heavy atom. The highest BCUT2D eigenvalue weighted by Crippen LogP contribution is 2.23. The lowest BCUT2D eigenvalue weighted by molar-refractivity contribution is -0.130. The van der Waals surface area contributed by atoms with E-state index in [1.165, 1.54) is 11.0 Å². The molecule has 1 saturated carbocycles. The Balaban J connectivity index is 1.61. The third-order valence-electron chi connectivity index (χ3n) is 5.41. The topological polar surface area (TPSA) is 93.2 Å². The number of hydrogen-bond donors (Lipinski definition) is 2. The van der Waals surface area contributed by atoms with Gasteiger partial charge < -0.3 is 15.0 Å². The average molecular weight is 385 g/mol. The lowest BCUT2D eigenvalue weighted by atomic mass is 9.86. The highest BCUT2D eigenvalue weighted by atomic mass is 16.5. The number of aromatic amines is 1. The predicted molar refractivity (Wildman–Crippen MR) is 106 cm³/mol. The summed E-state index contributed by atoms with van der Waals surface area (Å²) in [6, 6.07) is 6.67. The van der Waals surface area contributed by atoms with Gasteiger partial charge in [0, 0.05) is 17.9 Å². The van der Waals surface area contributed by atoms with Gasteiger partial charge in [0.05, 0.1) is 11.3 Å². The molecular weight excluding hydrogens is 358 g/mol. The molecule has 1 aromatic carbocycles. The molecule has 7 nitrogen and oxygen atoms in total. The van der Waals surface area contributed by atoms with E-state index in [0.717, 1.165) is 25.0 Å². The van der Waals surface area contributed by atoms with Crippen LogP contribution in [0.15, 0.2) is 35.3 Å². The lowest BCUT2D eigenvalue weighted by Crippen LogP contribution is -2.45. The van der Waals surface area contributed by atoms with Crippen LogP contribution in [0.1, 0.15) is 55.6 Å². The van der Waals surface area contributed by atoms with E-state index in [1.54, 1.807) is 37.4 Å². The van der Waals surface area contributed by atoms with E-state index in [9.17, 15) is 14.4 Å². The van der Waals surface area contributed by atoms with E-state index in [2.05, 4.69) is 17.2 Å². The largest absolute Gasteiger partial charge is 0.449 e. The molecule has 2 N–H and O–H groups in total. The van der Waals surface area contributed by atoms with Gasteiger partial charge in [-0.15, -0.1) is 0 Å². The van der Waals surface area contributed by atoms with Crippen molar-refractivity contribution >= 4 is 11.9 Å². The van der Waals surface area contributed by atoms with E-state index in [1.807, 2.05) is 6.92 Å². The summed E-state index contributed by atoms with van der Waals surface area (Å²) in [6.45, 7) is 5.53. The zero-order chi connectivity index (χ0) is 20.3. The fourth-order valence-electron chi connectivity index (χ4n) is 3.64. The number of hydrogen-bond acceptors (Lipinski definition) is 4. The summed E-state index contributed by atoms with van der Waals surface area (Å²) >= 11 is 0. The van der Waals surface area contributed by atoms with Crippen LogP contribution in [0.3, 0.4) is 0 Å². The maximum atomic E-state index is 12.4. The minimum atomic E-state index is -0.865. The molecule has 150 valence electrons. The van der Waals surface area contributed by atoms with Gasteiger partial charge in [-0.1, -0.05) is 19.8 Å². The molecule has 0 saturated heterocycles. The second kappa shape index (κ2) is 8.46. The van der Waals surface area contributed by atoms with Gasteiger partial charge in [0.15, 0.2) is 6.10 Å². The van der Waals surface area contributed by atoms with Crippen LogP contribution in [0.25, 0.3) is 5.69 Å². The van der Waals surface area contributed by atoms with E-state index < -0.39 is 12.1 Å². The lowest BCUT2D eigenvalue weighted by Gasteiger charge is -2.30. The Bertz CT molecular complexity index is 897. The van der Waals surface area contributed by atoms with Crippen molar-refractivity contribution in [2.45, 2.75) is 58.6 Å². The number of aryl methyl sites for hydroxylation is 1. The van der Waals surface area contributed by atoms with Crippen LogP contribution < -0.4 is 11.0 Å². The molecule has 0 aliphatic heterocycles. The number of carbonyl (C=O) groups is 2.